The number of hydrogen-bond donors (Lipinski definition) is 3. The van der Waals surface area contributed by atoms with Gasteiger partial charge in [0.25, 0.3) is 5.91 Å². The predicted molar refractivity (Wildman–Crippen MR) is 122 cm³/mol. The minimum Gasteiger partial charge on any atom is -0.365 e. The summed E-state index contributed by atoms with van der Waals surface area (Å²) in [6, 6.07) is 4.31. The molecule has 1 unspecified atom stereocenters. The summed E-state index contributed by atoms with van der Waals surface area (Å²) in [7, 11) is 0. The van der Waals surface area contributed by atoms with Crippen molar-refractivity contribution in [3.63, 3.8) is 0 Å². The van der Waals surface area contributed by atoms with E-state index < -0.39 is 0 Å². The normalized spacial score (nSPS) is 24.7. The summed E-state index contributed by atoms with van der Waals surface area (Å²) in [5, 5.41) is 6.84. The van der Waals surface area contributed by atoms with E-state index in [1.807, 2.05) is 18.3 Å². The third-order valence-corrected chi connectivity index (χ3v) is 6.17. The molecule has 1 atom stereocenters. The molecule has 0 saturated heterocycles. The molecule has 0 aliphatic heterocycles. The number of fused-ring (bicyclic) bond motifs is 1. The molecule has 0 aromatic carbocycles. The maximum atomic E-state index is 12.9. The molecule has 0 radical (unpaired) electrons. The number of anilines is 1. The number of rotatable bonds is 4. The molecule has 4 rings (SSSR count). The Morgan fingerprint density at radius 1 is 1.17 bits per heavy atom. The molecule has 1 saturated carbocycles. The third-order valence-electron chi connectivity index (χ3n) is 6.17. The van der Waals surface area contributed by atoms with E-state index in [0.29, 0.717) is 11.5 Å². The van der Waals surface area contributed by atoms with Gasteiger partial charge in [-0.2, -0.15) is 0 Å². The first-order valence-corrected chi connectivity index (χ1v) is 11.3. The van der Waals surface area contributed by atoms with Crippen molar-refractivity contribution in [2.24, 2.45) is 5.73 Å². The van der Waals surface area contributed by atoms with Crippen molar-refractivity contribution in [3.05, 3.63) is 41.7 Å². The van der Waals surface area contributed by atoms with Gasteiger partial charge >= 0.3 is 0 Å². The number of nitrogens with two attached hydrogens (primary N) is 1. The molecule has 6 nitrogen and oxygen atoms in total. The lowest BCUT2D eigenvalue weighted by atomic mass is 9.91. The smallest absolute Gasteiger partial charge is 0.251 e. The lowest BCUT2D eigenvalue weighted by molar-refractivity contribution is 0.0926. The number of carbonyl (C=O) groups is 1. The zero-order chi connectivity index (χ0) is 21.3. The summed E-state index contributed by atoms with van der Waals surface area (Å²) in [6.45, 7) is 6.48. The van der Waals surface area contributed by atoms with E-state index in [2.05, 4.69) is 48.0 Å². The van der Waals surface area contributed by atoms with Crippen LogP contribution in [-0.4, -0.2) is 32.9 Å². The fraction of sp³-hybridized carbons (Fsp3) is 0.583. The van der Waals surface area contributed by atoms with Crippen LogP contribution in [0.1, 0.15) is 87.7 Å². The van der Waals surface area contributed by atoms with Crippen LogP contribution in [-0.2, 0) is 0 Å². The number of nitrogens with one attached hydrogen (secondary N) is 2. The summed E-state index contributed by atoms with van der Waals surface area (Å²) >= 11 is 0. The van der Waals surface area contributed by atoms with Crippen molar-refractivity contribution < 1.29 is 4.79 Å². The van der Waals surface area contributed by atoms with Crippen LogP contribution in [0.4, 0.5) is 5.82 Å². The van der Waals surface area contributed by atoms with Crippen LogP contribution < -0.4 is 16.4 Å². The number of pyridine rings is 1. The van der Waals surface area contributed by atoms with Gasteiger partial charge < -0.3 is 16.4 Å². The second-order valence-corrected chi connectivity index (χ2v) is 9.93. The number of imidazole rings is 1. The molecule has 162 valence electrons. The number of nitrogens with zero attached hydrogens (tertiary/aromatic N) is 2. The van der Waals surface area contributed by atoms with E-state index in [1.54, 1.807) is 0 Å². The van der Waals surface area contributed by atoms with Gasteiger partial charge in [0, 0.05) is 35.3 Å². The second kappa shape index (κ2) is 8.42. The molecule has 1 amide bonds. The van der Waals surface area contributed by atoms with Gasteiger partial charge in [-0.05, 0) is 77.8 Å². The molecule has 0 spiro atoms. The molecule has 4 N–H and O–H groups in total. The van der Waals surface area contributed by atoms with Gasteiger partial charge in [0.1, 0.15) is 11.5 Å². The molecule has 2 heterocycles. The largest absolute Gasteiger partial charge is 0.365 e. The topological polar surface area (TPSA) is 84.5 Å². The Labute approximate surface area is 179 Å². The Morgan fingerprint density at radius 2 is 1.93 bits per heavy atom. The third kappa shape index (κ3) is 4.69. The van der Waals surface area contributed by atoms with Crippen molar-refractivity contribution >= 4 is 17.4 Å². The molecule has 0 bridgehead atoms. The molecular weight excluding hydrogens is 374 g/mol. The number of allylic oxidation sites excluding steroid dienone is 2. The summed E-state index contributed by atoms with van der Waals surface area (Å²) in [5.74, 6) is 1.43. The Hall–Kier alpha value is -2.34. The van der Waals surface area contributed by atoms with Crippen LogP contribution in [0.5, 0.6) is 0 Å². The minimum atomic E-state index is -0.0763. The highest BCUT2D eigenvalue weighted by Gasteiger charge is 2.25. The summed E-state index contributed by atoms with van der Waals surface area (Å²) in [4.78, 5) is 17.8. The Balaban J connectivity index is 1.61. The highest BCUT2D eigenvalue weighted by molar-refractivity contribution is 5.95. The molecule has 2 aromatic rings. The summed E-state index contributed by atoms with van der Waals surface area (Å²) < 4.78 is 2.09. The van der Waals surface area contributed by atoms with E-state index in [1.165, 1.54) is 0 Å². The van der Waals surface area contributed by atoms with Crippen LogP contribution in [0, 0.1) is 0 Å². The Morgan fingerprint density at radius 3 is 2.60 bits per heavy atom. The first-order chi connectivity index (χ1) is 14.3. The highest BCUT2D eigenvalue weighted by Crippen LogP contribution is 2.35. The number of carbonyl (C=O) groups excluding carboxylic acids is 1. The fourth-order valence-electron chi connectivity index (χ4n) is 4.54. The van der Waals surface area contributed by atoms with Crippen LogP contribution in [0.15, 0.2) is 30.5 Å². The van der Waals surface area contributed by atoms with E-state index >= 15 is 0 Å². The van der Waals surface area contributed by atoms with Gasteiger partial charge in [-0.3, -0.25) is 9.20 Å². The van der Waals surface area contributed by atoms with E-state index in [0.717, 1.165) is 62.1 Å². The monoisotopic (exact) mass is 409 g/mol. The fourth-order valence-corrected chi connectivity index (χ4v) is 4.54. The van der Waals surface area contributed by atoms with Crippen LogP contribution in [0.2, 0.25) is 0 Å². The molecule has 1 fully saturated rings. The maximum Gasteiger partial charge on any atom is 0.251 e. The number of aromatic nitrogens is 2. The first-order valence-electron chi connectivity index (χ1n) is 11.3. The molecule has 2 aromatic heterocycles. The van der Waals surface area contributed by atoms with Crippen molar-refractivity contribution in [3.8, 4) is 0 Å². The average molecular weight is 410 g/mol. The standard InChI is InChI=1S/C24H35N5O/c1-24(2,3)28-22-21(16-7-5-4-6-8-16)27-20-15-17(13-14-29(20)22)23(30)26-19-11-9-18(25)10-12-19/h4-5,13-16,18-19,28H,6-12,25H2,1-3H3,(H,26,30). The highest BCUT2D eigenvalue weighted by atomic mass is 16.1. The van der Waals surface area contributed by atoms with Gasteiger partial charge in [-0.25, -0.2) is 4.98 Å². The van der Waals surface area contributed by atoms with Crippen LogP contribution >= 0.6 is 0 Å². The lowest BCUT2D eigenvalue weighted by Crippen LogP contribution is -2.40. The number of amides is 1. The Bertz CT molecular complexity index is 931. The summed E-state index contributed by atoms with van der Waals surface area (Å²) in [6.07, 6.45) is 13.6. The minimum absolute atomic E-state index is 0.0200. The quantitative estimate of drug-likeness (QED) is 0.655. The zero-order valence-corrected chi connectivity index (χ0v) is 18.4. The van der Waals surface area contributed by atoms with Crippen molar-refractivity contribution in [1.29, 1.82) is 0 Å². The maximum absolute atomic E-state index is 12.9. The van der Waals surface area contributed by atoms with E-state index in [-0.39, 0.29) is 23.5 Å². The van der Waals surface area contributed by atoms with Gasteiger partial charge in [-0.1, -0.05) is 12.2 Å². The van der Waals surface area contributed by atoms with Gasteiger partial charge in [0.05, 0.1) is 5.69 Å². The first kappa shape index (κ1) is 20.9. The SMILES string of the molecule is CC(C)(C)Nc1c(C2CC=CCC2)nc2cc(C(=O)NC3CCC(N)CC3)ccn12. The van der Waals surface area contributed by atoms with E-state index in [4.69, 9.17) is 10.7 Å². The lowest BCUT2D eigenvalue weighted by Gasteiger charge is -2.26. The zero-order valence-electron chi connectivity index (χ0n) is 18.4. The van der Waals surface area contributed by atoms with Gasteiger partial charge in [0.15, 0.2) is 0 Å². The second-order valence-electron chi connectivity index (χ2n) is 9.93. The van der Waals surface area contributed by atoms with Crippen molar-refractivity contribution in [1.82, 2.24) is 14.7 Å². The van der Waals surface area contributed by atoms with Gasteiger partial charge in [0.2, 0.25) is 0 Å². The predicted octanol–water partition coefficient (Wildman–Crippen LogP) is 4.37. The van der Waals surface area contributed by atoms with Crippen LogP contribution in [0.25, 0.3) is 5.65 Å². The molecule has 30 heavy (non-hydrogen) atoms. The van der Waals surface area contributed by atoms with Crippen LogP contribution in [0.3, 0.4) is 0 Å². The average Bonchev–Trinajstić information content (AvgIpc) is 3.06. The number of hydrogen-bond acceptors (Lipinski definition) is 4. The molecule has 6 heteroatoms. The van der Waals surface area contributed by atoms with Gasteiger partial charge in [-0.15, -0.1) is 0 Å². The van der Waals surface area contributed by atoms with E-state index in [9.17, 15) is 4.79 Å². The molecule has 2 aliphatic carbocycles. The van der Waals surface area contributed by atoms with Crippen molar-refractivity contribution in [2.75, 3.05) is 5.32 Å². The summed E-state index contributed by atoms with van der Waals surface area (Å²) in [5.41, 5.74) is 8.51. The van der Waals surface area contributed by atoms with Crippen molar-refractivity contribution in [2.45, 2.75) is 89.3 Å². The Kier molecular flexibility index (Phi) is 5.87. The molecular formula is C24H35N5O. The molecule has 2 aliphatic rings.